The number of rotatable bonds is 3. The van der Waals surface area contributed by atoms with Crippen molar-refractivity contribution in [2.75, 3.05) is 19.7 Å². The minimum Gasteiger partial charge on any atom is -0.466 e. The number of amides is 1. The number of piperidine rings is 1. The molecule has 1 aliphatic heterocycles. The highest BCUT2D eigenvalue weighted by molar-refractivity contribution is 5.94. The van der Waals surface area contributed by atoms with Crippen LogP contribution in [0.5, 0.6) is 0 Å². The number of esters is 1. The number of likely N-dealkylation sites (tertiary alicyclic amines) is 1. The lowest BCUT2D eigenvalue weighted by Crippen LogP contribution is -2.42. The number of ether oxygens (including phenoxy) is 1. The Balaban J connectivity index is 2.03. The van der Waals surface area contributed by atoms with E-state index in [9.17, 15) is 9.59 Å². The highest BCUT2D eigenvalue weighted by Gasteiger charge is 2.29. The topological polar surface area (TPSA) is 46.6 Å². The molecule has 1 heterocycles. The Morgan fingerprint density at radius 1 is 1.30 bits per heavy atom. The first-order chi connectivity index (χ1) is 9.61. The van der Waals surface area contributed by atoms with Crippen LogP contribution in [0.3, 0.4) is 0 Å². The van der Waals surface area contributed by atoms with Crippen molar-refractivity contribution < 1.29 is 14.3 Å². The van der Waals surface area contributed by atoms with Crippen LogP contribution in [0.4, 0.5) is 0 Å². The van der Waals surface area contributed by atoms with Gasteiger partial charge < -0.3 is 9.64 Å². The van der Waals surface area contributed by atoms with Gasteiger partial charge in [-0.25, -0.2) is 0 Å². The van der Waals surface area contributed by atoms with Crippen LogP contribution < -0.4 is 0 Å². The van der Waals surface area contributed by atoms with Crippen LogP contribution in [-0.4, -0.2) is 36.5 Å². The normalized spacial score (nSPS) is 18.7. The predicted octanol–water partition coefficient (Wildman–Crippen LogP) is 2.41. The van der Waals surface area contributed by atoms with Gasteiger partial charge in [-0.3, -0.25) is 9.59 Å². The van der Waals surface area contributed by atoms with Gasteiger partial charge in [0.05, 0.1) is 12.5 Å². The Bertz CT molecular complexity index is 481. The summed E-state index contributed by atoms with van der Waals surface area (Å²) in [6.07, 6.45) is 1.65. The van der Waals surface area contributed by atoms with E-state index in [4.69, 9.17) is 4.74 Å². The molecule has 1 aliphatic rings. The zero-order chi connectivity index (χ0) is 14.5. The third-order valence-corrected chi connectivity index (χ3v) is 3.63. The summed E-state index contributed by atoms with van der Waals surface area (Å²) in [6, 6.07) is 7.54. The van der Waals surface area contributed by atoms with E-state index in [0.29, 0.717) is 25.3 Å². The molecular weight excluding hydrogens is 254 g/mol. The van der Waals surface area contributed by atoms with Crippen molar-refractivity contribution in [1.29, 1.82) is 0 Å². The van der Waals surface area contributed by atoms with E-state index >= 15 is 0 Å². The van der Waals surface area contributed by atoms with E-state index in [2.05, 4.69) is 0 Å². The highest BCUT2D eigenvalue weighted by atomic mass is 16.5. The molecule has 0 bridgehead atoms. The van der Waals surface area contributed by atoms with Gasteiger partial charge >= 0.3 is 5.97 Å². The van der Waals surface area contributed by atoms with E-state index in [-0.39, 0.29) is 17.8 Å². The van der Waals surface area contributed by atoms with Crippen molar-refractivity contribution in [3.8, 4) is 0 Å². The molecule has 1 saturated heterocycles. The van der Waals surface area contributed by atoms with Gasteiger partial charge in [0.1, 0.15) is 0 Å². The Labute approximate surface area is 119 Å². The molecule has 0 aliphatic carbocycles. The van der Waals surface area contributed by atoms with E-state index < -0.39 is 0 Å². The minimum atomic E-state index is -0.186. The second-order valence-electron chi connectivity index (χ2n) is 5.21. The van der Waals surface area contributed by atoms with Crippen LogP contribution in [-0.2, 0) is 9.53 Å². The molecule has 0 aromatic heterocycles. The van der Waals surface area contributed by atoms with Gasteiger partial charge in [0, 0.05) is 18.7 Å². The van der Waals surface area contributed by atoms with Crippen molar-refractivity contribution >= 4 is 11.9 Å². The summed E-state index contributed by atoms with van der Waals surface area (Å²) in [4.78, 5) is 26.0. The summed E-state index contributed by atoms with van der Waals surface area (Å²) in [7, 11) is 0. The smallest absolute Gasteiger partial charge is 0.310 e. The molecule has 2 rings (SSSR count). The molecule has 1 aromatic carbocycles. The second-order valence-corrected chi connectivity index (χ2v) is 5.21. The molecule has 0 saturated carbocycles. The summed E-state index contributed by atoms with van der Waals surface area (Å²) < 4.78 is 5.05. The molecule has 0 N–H and O–H groups in total. The molecule has 1 amide bonds. The van der Waals surface area contributed by atoms with Crippen LogP contribution >= 0.6 is 0 Å². The molecule has 4 nitrogen and oxygen atoms in total. The molecule has 1 aromatic rings. The lowest BCUT2D eigenvalue weighted by Gasteiger charge is -2.31. The van der Waals surface area contributed by atoms with Gasteiger partial charge in [-0.2, -0.15) is 0 Å². The summed E-state index contributed by atoms with van der Waals surface area (Å²) in [5, 5.41) is 0. The maximum absolute atomic E-state index is 12.4. The van der Waals surface area contributed by atoms with Crippen LogP contribution in [0.1, 0.15) is 35.7 Å². The van der Waals surface area contributed by atoms with Crippen LogP contribution in [0, 0.1) is 12.8 Å². The van der Waals surface area contributed by atoms with Crippen LogP contribution in [0.25, 0.3) is 0 Å². The average molecular weight is 275 g/mol. The molecule has 1 atom stereocenters. The standard InChI is InChI=1S/C16H21NO3/c1-3-20-16(19)14-5-4-10-17(11-14)15(18)13-8-6-12(2)7-9-13/h6-9,14H,3-5,10-11H2,1-2H3/t14-/m0/s1. The van der Waals surface area contributed by atoms with E-state index in [0.717, 1.165) is 18.4 Å². The van der Waals surface area contributed by atoms with E-state index in [1.165, 1.54) is 0 Å². The third-order valence-electron chi connectivity index (χ3n) is 3.63. The first kappa shape index (κ1) is 14.6. The fraction of sp³-hybridized carbons (Fsp3) is 0.500. The van der Waals surface area contributed by atoms with Crippen molar-refractivity contribution in [3.05, 3.63) is 35.4 Å². The van der Waals surface area contributed by atoms with Gasteiger partial charge in [-0.1, -0.05) is 17.7 Å². The van der Waals surface area contributed by atoms with Crippen LogP contribution in [0.15, 0.2) is 24.3 Å². The maximum atomic E-state index is 12.4. The lowest BCUT2D eigenvalue weighted by molar-refractivity contribution is -0.149. The SMILES string of the molecule is CCOC(=O)[C@H]1CCCN(C(=O)c2ccc(C)cc2)C1. The number of benzene rings is 1. The van der Waals surface area contributed by atoms with Gasteiger partial charge in [-0.05, 0) is 38.8 Å². The Hall–Kier alpha value is -1.84. The predicted molar refractivity (Wildman–Crippen MR) is 76.4 cm³/mol. The summed E-state index contributed by atoms with van der Waals surface area (Å²) >= 11 is 0. The number of hydrogen-bond acceptors (Lipinski definition) is 3. The van der Waals surface area contributed by atoms with Gasteiger partial charge in [-0.15, -0.1) is 0 Å². The Morgan fingerprint density at radius 2 is 2.00 bits per heavy atom. The van der Waals surface area contributed by atoms with E-state index in [1.807, 2.05) is 31.2 Å². The molecule has 0 radical (unpaired) electrons. The molecule has 4 heteroatoms. The molecule has 20 heavy (non-hydrogen) atoms. The zero-order valence-corrected chi connectivity index (χ0v) is 12.1. The first-order valence-corrected chi connectivity index (χ1v) is 7.14. The van der Waals surface area contributed by atoms with Gasteiger partial charge in [0.25, 0.3) is 5.91 Å². The Morgan fingerprint density at radius 3 is 2.65 bits per heavy atom. The fourth-order valence-electron chi connectivity index (χ4n) is 2.49. The summed E-state index contributed by atoms with van der Waals surface area (Å²) in [6.45, 7) is 5.36. The van der Waals surface area contributed by atoms with Gasteiger partial charge in [0.15, 0.2) is 0 Å². The van der Waals surface area contributed by atoms with Crippen LogP contribution in [0.2, 0.25) is 0 Å². The fourth-order valence-corrected chi connectivity index (χ4v) is 2.49. The maximum Gasteiger partial charge on any atom is 0.310 e. The quantitative estimate of drug-likeness (QED) is 0.796. The molecular formula is C16H21NO3. The van der Waals surface area contributed by atoms with Crippen molar-refractivity contribution in [3.63, 3.8) is 0 Å². The highest BCUT2D eigenvalue weighted by Crippen LogP contribution is 2.20. The number of carbonyl (C=O) groups excluding carboxylic acids is 2. The lowest BCUT2D eigenvalue weighted by atomic mass is 9.97. The molecule has 0 unspecified atom stereocenters. The average Bonchev–Trinajstić information content (AvgIpc) is 2.48. The molecule has 108 valence electrons. The molecule has 0 spiro atoms. The van der Waals surface area contributed by atoms with Crippen molar-refractivity contribution in [1.82, 2.24) is 4.90 Å². The summed E-state index contributed by atoms with van der Waals surface area (Å²) in [5.74, 6) is -0.369. The van der Waals surface area contributed by atoms with E-state index in [1.54, 1.807) is 11.8 Å². The molecule has 1 fully saturated rings. The Kier molecular flexibility index (Phi) is 4.77. The summed E-state index contributed by atoms with van der Waals surface area (Å²) in [5.41, 5.74) is 1.81. The number of carbonyl (C=O) groups is 2. The monoisotopic (exact) mass is 275 g/mol. The number of hydrogen-bond donors (Lipinski definition) is 0. The van der Waals surface area contributed by atoms with Crippen molar-refractivity contribution in [2.45, 2.75) is 26.7 Å². The van der Waals surface area contributed by atoms with Gasteiger partial charge in [0.2, 0.25) is 0 Å². The first-order valence-electron chi connectivity index (χ1n) is 7.14. The number of nitrogens with zero attached hydrogens (tertiary/aromatic N) is 1. The number of aryl methyl sites for hydroxylation is 1. The third kappa shape index (κ3) is 3.38. The second kappa shape index (κ2) is 6.55. The largest absolute Gasteiger partial charge is 0.466 e. The minimum absolute atomic E-state index is 0.000927. The van der Waals surface area contributed by atoms with Crippen molar-refractivity contribution in [2.24, 2.45) is 5.92 Å². The zero-order valence-electron chi connectivity index (χ0n) is 12.1.